The number of para-hydroxylation sites is 1. The largest absolute Gasteiger partial charge is 0.383 e. The molecule has 20 heavy (non-hydrogen) atoms. The Labute approximate surface area is 120 Å². The molecule has 1 aromatic rings. The van der Waals surface area contributed by atoms with Gasteiger partial charge in [0.25, 0.3) is 0 Å². The molecule has 0 saturated carbocycles. The van der Waals surface area contributed by atoms with E-state index in [1.165, 1.54) is 5.69 Å². The Morgan fingerprint density at radius 3 is 2.95 bits per heavy atom. The van der Waals surface area contributed by atoms with Crippen molar-refractivity contribution < 1.29 is 9.53 Å². The summed E-state index contributed by atoms with van der Waals surface area (Å²) >= 11 is 0. The molecule has 0 aliphatic carbocycles. The van der Waals surface area contributed by atoms with Crippen molar-refractivity contribution in [3.8, 4) is 0 Å². The Hall–Kier alpha value is -1.59. The molecular formula is C15H23N3O2. The molecule has 1 fully saturated rings. The van der Waals surface area contributed by atoms with Gasteiger partial charge in [-0.05, 0) is 24.5 Å². The van der Waals surface area contributed by atoms with Gasteiger partial charge in [0.05, 0.1) is 6.61 Å². The van der Waals surface area contributed by atoms with Gasteiger partial charge in [-0.2, -0.15) is 0 Å². The summed E-state index contributed by atoms with van der Waals surface area (Å²) in [7, 11) is 1.54. The van der Waals surface area contributed by atoms with E-state index in [1.54, 1.807) is 7.11 Å². The molecule has 2 unspecified atom stereocenters. The van der Waals surface area contributed by atoms with Crippen molar-refractivity contribution in [2.45, 2.75) is 12.5 Å². The van der Waals surface area contributed by atoms with Crippen molar-refractivity contribution >= 4 is 11.6 Å². The minimum absolute atomic E-state index is 0.134. The number of nitrogens with two attached hydrogens (primary N) is 1. The maximum Gasteiger partial charge on any atom is 0.239 e. The SMILES string of the molecule is COCC(N)C(=O)NCC1CCN(c2ccccc2)C1. The second-order valence-electron chi connectivity index (χ2n) is 5.24. The highest BCUT2D eigenvalue weighted by Crippen LogP contribution is 2.22. The van der Waals surface area contributed by atoms with Crippen LogP contribution < -0.4 is 16.0 Å². The first kappa shape index (κ1) is 14.8. The molecule has 1 saturated heterocycles. The predicted octanol–water partition coefficient (Wildman–Crippen LogP) is 0.603. The van der Waals surface area contributed by atoms with Crippen LogP contribution in [0, 0.1) is 5.92 Å². The molecule has 5 heteroatoms. The van der Waals surface area contributed by atoms with Crippen LogP contribution in [0.4, 0.5) is 5.69 Å². The Kier molecular flexibility index (Phi) is 5.38. The van der Waals surface area contributed by atoms with Crippen LogP contribution in [0.5, 0.6) is 0 Å². The molecule has 2 atom stereocenters. The predicted molar refractivity (Wildman–Crippen MR) is 79.6 cm³/mol. The summed E-state index contributed by atoms with van der Waals surface area (Å²) < 4.78 is 4.88. The number of ether oxygens (including phenoxy) is 1. The van der Waals surface area contributed by atoms with Gasteiger partial charge in [-0.1, -0.05) is 18.2 Å². The van der Waals surface area contributed by atoms with Crippen molar-refractivity contribution in [2.24, 2.45) is 11.7 Å². The second-order valence-corrected chi connectivity index (χ2v) is 5.24. The van der Waals surface area contributed by atoms with E-state index in [0.29, 0.717) is 12.5 Å². The number of rotatable bonds is 6. The van der Waals surface area contributed by atoms with E-state index in [0.717, 1.165) is 19.5 Å². The van der Waals surface area contributed by atoms with Crippen molar-refractivity contribution in [1.82, 2.24) is 5.32 Å². The number of benzene rings is 1. The van der Waals surface area contributed by atoms with Crippen LogP contribution in [0.25, 0.3) is 0 Å². The maximum absolute atomic E-state index is 11.7. The fraction of sp³-hybridized carbons (Fsp3) is 0.533. The van der Waals surface area contributed by atoms with Gasteiger partial charge >= 0.3 is 0 Å². The van der Waals surface area contributed by atoms with Crippen molar-refractivity contribution in [3.05, 3.63) is 30.3 Å². The molecule has 0 aromatic heterocycles. The lowest BCUT2D eigenvalue weighted by Gasteiger charge is -2.19. The topological polar surface area (TPSA) is 67.6 Å². The van der Waals surface area contributed by atoms with Gasteiger partial charge in [0.2, 0.25) is 5.91 Å². The van der Waals surface area contributed by atoms with E-state index in [9.17, 15) is 4.79 Å². The minimum Gasteiger partial charge on any atom is -0.383 e. The van der Waals surface area contributed by atoms with Gasteiger partial charge < -0.3 is 20.7 Å². The first-order valence-corrected chi connectivity index (χ1v) is 7.03. The summed E-state index contributed by atoms with van der Waals surface area (Å²) in [4.78, 5) is 14.1. The second kappa shape index (κ2) is 7.26. The van der Waals surface area contributed by atoms with Crippen molar-refractivity contribution in [2.75, 3.05) is 38.3 Å². The van der Waals surface area contributed by atoms with E-state index in [-0.39, 0.29) is 12.5 Å². The summed E-state index contributed by atoms with van der Waals surface area (Å²) in [6, 6.07) is 9.79. The van der Waals surface area contributed by atoms with Gasteiger partial charge in [0.15, 0.2) is 0 Å². The molecule has 110 valence electrons. The Balaban J connectivity index is 1.75. The maximum atomic E-state index is 11.7. The smallest absolute Gasteiger partial charge is 0.239 e. The Morgan fingerprint density at radius 1 is 1.50 bits per heavy atom. The minimum atomic E-state index is -0.577. The summed E-state index contributed by atoms with van der Waals surface area (Å²) in [5.74, 6) is 0.346. The number of nitrogens with one attached hydrogen (secondary N) is 1. The number of anilines is 1. The molecular weight excluding hydrogens is 254 g/mol. The third-order valence-electron chi connectivity index (χ3n) is 3.66. The first-order chi connectivity index (χ1) is 9.70. The molecule has 2 rings (SSSR count). The lowest BCUT2D eigenvalue weighted by atomic mass is 10.1. The van der Waals surface area contributed by atoms with Crippen LogP contribution in [0.15, 0.2) is 30.3 Å². The molecule has 1 aliphatic rings. The number of carbonyl (C=O) groups excluding carboxylic acids is 1. The Morgan fingerprint density at radius 2 is 2.25 bits per heavy atom. The highest BCUT2D eigenvalue weighted by Gasteiger charge is 2.23. The average molecular weight is 277 g/mol. The summed E-state index contributed by atoms with van der Waals surface area (Å²) in [6.07, 6.45) is 1.09. The highest BCUT2D eigenvalue weighted by atomic mass is 16.5. The molecule has 5 nitrogen and oxygen atoms in total. The molecule has 1 aromatic carbocycles. The highest BCUT2D eigenvalue weighted by molar-refractivity contribution is 5.81. The molecule has 0 radical (unpaired) electrons. The van der Waals surface area contributed by atoms with Crippen LogP contribution in [-0.2, 0) is 9.53 Å². The summed E-state index contributed by atoms with van der Waals surface area (Å²) in [6.45, 7) is 2.95. The van der Waals surface area contributed by atoms with E-state index in [4.69, 9.17) is 10.5 Å². The lowest BCUT2D eigenvalue weighted by molar-refractivity contribution is -0.123. The van der Waals surface area contributed by atoms with Gasteiger partial charge in [-0.25, -0.2) is 0 Å². The normalized spacial score (nSPS) is 19.9. The quantitative estimate of drug-likeness (QED) is 0.799. The zero-order valence-electron chi connectivity index (χ0n) is 11.9. The average Bonchev–Trinajstić information content (AvgIpc) is 2.95. The van der Waals surface area contributed by atoms with Gasteiger partial charge in [-0.3, -0.25) is 4.79 Å². The van der Waals surface area contributed by atoms with E-state index in [1.807, 2.05) is 18.2 Å². The zero-order valence-corrected chi connectivity index (χ0v) is 11.9. The van der Waals surface area contributed by atoms with E-state index < -0.39 is 6.04 Å². The molecule has 1 amide bonds. The monoisotopic (exact) mass is 277 g/mol. The molecule has 3 N–H and O–H groups in total. The molecule has 0 bridgehead atoms. The summed E-state index contributed by atoms with van der Waals surface area (Å²) in [5, 5.41) is 2.91. The number of amides is 1. The fourth-order valence-corrected chi connectivity index (χ4v) is 2.50. The van der Waals surface area contributed by atoms with Gasteiger partial charge in [0.1, 0.15) is 6.04 Å². The standard InChI is InChI=1S/C15H23N3O2/c1-20-11-14(16)15(19)17-9-12-7-8-18(10-12)13-5-3-2-4-6-13/h2-6,12,14H,7-11,16H2,1H3,(H,17,19). The summed E-state index contributed by atoms with van der Waals surface area (Å²) in [5.41, 5.74) is 6.93. The third-order valence-corrected chi connectivity index (χ3v) is 3.66. The van der Waals surface area contributed by atoms with Crippen LogP contribution in [0.3, 0.4) is 0 Å². The van der Waals surface area contributed by atoms with E-state index >= 15 is 0 Å². The van der Waals surface area contributed by atoms with Gasteiger partial charge in [0, 0.05) is 32.4 Å². The molecule has 0 spiro atoms. The Bertz CT molecular complexity index is 424. The third kappa shape index (κ3) is 3.95. The van der Waals surface area contributed by atoms with Crippen molar-refractivity contribution in [1.29, 1.82) is 0 Å². The van der Waals surface area contributed by atoms with Crippen molar-refractivity contribution in [3.63, 3.8) is 0 Å². The number of methoxy groups -OCH3 is 1. The van der Waals surface area contributed by atoms with E-state index in [2.05, 4.69) is 22.3 Å². The number of carbonyl (C=O) groups is 1. The number of nitrogens with zero attached hydrogens (tertiary/aromatic N) is 1. The van der Waals surface area contributed by atoms with Crippen LogP contribution in [-0.4, -0.2) is 45.3 Å². The zero-order chi connectivity index (χ0) is 14.4. The number of hydrogen-bond acceptors (Lipinski definition) is 4. The van der Waals surface area contributed by atoms with Crippen LogP contribution >= 0.6 is 0 Å². The molecule has 1 aliphatic heterocycles. The first-order valence-electron chi connectivity index (χ1n) is 7.03. The van der Waals surface area contributed by atoms with Crippen LogP contribution in [0.2, 0.25) is 0 Å². The van der Waals surface area contributed by atoms with Crippen LogP contribution in [0.1, 0.15) is 6.42 Å². The molecule has 1 heterocycles. The fourth-order valence-electron chi connectivity index (χ4n) is 2.50. The van der Waals surface area contributed by atoms with Gasteiger partial charge in [-0.15, -0.1) is 0 Å². The number of hydrogen-bond donors (Lipinski definition) is 2. The lowest BCUT2D eigenvalue weighted by Crippen LogP contribution is -2.45.